The first kappa shape index (κ1) is 20.9. The molecule has 0 saturated carbocycles. The molecule has 0 spiro atoms. The van der Waals surface area contributed by atoms with Crippen molar-refractivity contribution in [3.05, 3.63) is 33.8 Å². The van der Waals surface area contributed by atoms with Gasteiger partial charge in [0.15, 0.2) is 0 Å². The minimum atomic E-state index is -3.49. The summed E-state index contributed by atoms with van der Waals surface area (Å²) in [5, 5.41) is 3.13. The van der Waals surface area contributed by atoms with Crippen LogP contribution in [0.4, 0.5) is 0 Å². The van der Waals surface area contributed by atoms with E-state index in [1.165, 1.54) is 41.5 Å². The van der Waals surface area contributed by atoms with Crippen molar-refractivity contribution >= 4 is 45.2 Å². The number of piperazine rings is 1. The van der Waals surface area contributed by atoms with Crippen LogP contribution in [-0.2, 0) is 15.0 Å². The summed E-state index contributed by atoms with van der Waals surface area (Å²) in [4.78, 5) is 25.9. The maximum absolute atomic E-state index is 12.2. The van der Waals surface area contributed by atoms with E-state index in [9.17, 15) is 18.0 Å². The molecule has 1 N–H and O–H groups in total. The monoisotopic (exact) mass is 422 g/mol. The number of hydrogen-bond donors (Lipinski definition) is 1. The Labute approximate surface area is 162 Å². The van der Waals surface area contributed by atoms with Gasteiger partial charge in [0, 0.05) is 45.3 Å². The topological polar surface area (TPSA) is 90.0 Å². The van der Waals surface area contributed by atoms with Gasteiger partial charge in [-0.2, -0.15) is 17.0 Å². The Balaban J connectivity index is 1.87. The molecule has 1 saturated heterocycles. The fourth-order valence-electron chi connectivity index (χ4n) is 2.44. The molecule has 11 heteroatoms. The number of amides is 2. The van der Waals surface area contributed by atoms with Crippen molar-refractivity contribution in [2.75, 3.05) is 46.8 Å². The largest absolute Gasteiger partial charge is 0.343 e. The lowest BCUT2D eigenvalue weighted by molar-refractivity contribution is -0.131. The van der Waals surface area contributed by atoms with Crippen molar-refractivity contribution in [1.29, 1.82) is 0 Å². The van der Waals surface area contributed by atoms with Gasteiger partial charge in [0.1, 0.15) is 0 Å². The van der Waals surface area contributed by atoms with Gasteiger partial charge in [-0.3, -0.25) is 9.59 Å². The van der Waals surface area contributed by atoms with Crippen LogP contribution >= 0.6 is 23.2 Å². The van der Waals surface area contributed by atoms with Crippen molar-refractivity contribution in [2.24, 2.45) is 0 Å². The molecule has 1 heterocycles. The van der Waals surface area contributed by atoms with Gasteiger partial charge in [-0.15, -0.1) is 0 Å². The average molecular weight is 423 g/mol. The van der Waals surface area contributed by atoms with Crippen molar-refractivity contribution in [2.45, 2.75) is 0 Å². The maximum atomic E-state index is 12.2. The van der Waals surface area contributed by atoms with Gasteiger partial charge in [0.05, 0.1) is 17.1 Å². The second-order valence-corrected chi connectivity index (χ2v) is 8.86. The van der Waals surface area contributed by atoms with E-state index in [1.807, 2.05) is 0 Å². The quantitative estimate of drug-likeness (QED) is 0.754. The Kier molecular flexibility index (Phi) is 6.86. The second-order valence-electron chi connectivity index (χ2n) is 5.88. The molecular formula is C15H20Cl2N4O4S. The molecule has 1 aromatic carbocycles. The molecule has 0 bridgehead atoms. The van der Waals surface area contributed by atoms with Crippen molar-refractivity contribution in [3.63, 3.8) is 0 Å². The van der Waals surface area contributed by atoms with Crippen molar-refractivity contribution < 1.29 is 18.0 Å². The van der Waals surface area contributed by atoms with Crippen LogP contribution in [-0.4, -0.2) is 80.6 Å². The lowest BCUT2D eigenvalue weighted by Gasteiger charge is -2.35. The molecule has 0 unspecified atom stereocenters. The summed E-state index contributed by atoms with van der Waals surface area (Å²) in [7, 11) is -0.560. The summed E-state index contributed by atoms with van der Waals surface area (Å²) in [6.45, 7) is 0.762. The summed E-state index contributed by atoms with van der Waals surface area (Å²) in [5.41, 5.74) is 0.228. The Bertz CT molecular complexity index is 793. The number of carbonyl (C=O) groups excluding carboxylic acids is 2. The van der Waals surface area contributed by atoms with E-state index in [2.05, 4.69) is 5.32 Å². The average Bonchev–Trinajstić information content (AvgIpc) is 2.59. The zero-order valence-electron chi connectivity index (χ0n) is 14.4. The van der Waals surface area contributed by atoms with Crippen molar-refractivity contribution in [1.82, 2.24) is 18.8 Å². The molecule has 8 nitrogen and oxygen atoms in total. The fourth-order valence-corrected chi connectivity index (χ4v) is 4.02. The van der Waals surface area contributed by atoms with E-state index < -0.39 is 16.1 Å². The van der Waals surface area contributed by atoms with Crippen LogP contribution in [0.25, 0.3) is 0 Å². The third-order valence-corrected chi connectivity index (χ3v) is 6.44. The van der Waals surface area contributed by atoms with Crippen LogP contribution in [0.15, 0.2) is 18.2 Å². The highest BCUT2D eigenvalue weighted by atomic mass is 35.5. The molecule has 1 aliphatic heterocycles. The van der Waals surface area contributed by atoms with E-state index in [1.54, 1.807) is 0 Å². The minimum Gasteiger partial charge on any atom is -0.343 e. The molecule has 1 aliphatic rings. The van der Waals surface area contributed by atoms with Crippen LogP contribution in [0.3, 0.4) is 0 Å². The number of carbonyl (C=O) groups is 2. The molecule has 0 aromatic heterocycles. The highest BCUT2D eigenvalue weighted by molar-refractivity contribution is 7.86. The minimum absolute atomic E-state index is 0.196. The van der Waals surface area contributed by atoms with Crippen LogP contribution in [0.5, 0.6) is 0 Å². The number of benzene rings is 1. The normalized spacial score (nSPS) is 16.0. The summed E-state index contributed by atoms with van der Waals surface area (Å²) < 4.78 is 26.6. The first-order valence-corrected chi connectivity index (χ1v) is 9.97. The lowest BCUT2D eigenvalue weighted by Crippen LogP contribution is -2.54. The Morgan fingerprint density at radius 2 is 1.77 bits per heavy atom. The Morgan fingerprint density at radius 1 is 1.15 bits per heavy atom. The van der Waals surface area contributed by atoms with Crippen LogP contribution in [0.2, 0.25) is 10.0 Å². The Morgan fingerprint density at radius 3 is 2.31 bits per heavy atom. The fraction of sp³-hybridized carbons (Fsp3) is 0.467. The lowest BCUT2D eigenvalue weighted by atomic mass is 10.2. The zero-order chi connectivity index (χ0) is 19.5. The summed E-state index contributed by atoms with van der Waals surface area (Å²) >= 11 is 11.8. The van der Waals surface area contributed by atoms with Gasteiger partial charge in [0.2, 0.25) is 5.91 Å². The molecule has 0 aliphatic carbocycles. The van der Waals surface area contributed by atoms with Crippen LogP contribution < -0.4 is 5.32 Å². The molecule has 2 rings (SSSR count). The van der Waals surface area contributed by atoms with E-state index in [4.69, 9.17) is 23.2 Å². The molecule has 0 radical (unpaired) electrons. The predicted molar refractivity (Wildman–Crippen MR) is 99.6 cm³/mol. The zero-order valence-corrected chi connectivity index (χ0v) is 16.7. The number of nitrogens with one attached hydrogen (secondary N) is 1. The van der Waals surface area contributed by atoms with Gasteiger partial charge < -0.3 is 10.2 Å². The molecule has 1 fully saturated rings. The Hall–Kier alpha value is -1.39. The van der Waals surface area contributed by atoms with Gasteiger partial charge in [-0.25, -0.2) is 0 Å². The first-order valence-electron chi connectivity index (χ1n) is 7.81. The smallest absolute Gasteiger partial charge is 0.281 e. The molecule has 144 valence electrons. The standard InChI is InChI=1S/C15H20Cl2N4O4S/c1-19(2)26(24,25)21-7-5-20(6-8-21)14(22)10-18-15(23)12-4-3-11(16)9-13(12)17/h3-4,9H,5-8,10H2,1-2H3,(H,18,23). The first-order chi connectivity index (χ1) is 12.1. The highest BCUT2D eigenvalue weighted by Crippen LogP contribution is 2.20. The molecule has 1 aromatic rings. The SMILES string of the molecule is CN(C)S(=O)(=O)N1CCN(C(=O)CNC(=O)c2ccc(Cl)cc2Cl)CC1. The maximum Gasteiger partial charge on any atom is 0.281 e. The molecule has 0 atom stereocenters. The van der Waals surface area contributed by atoms with Crippen molar-refractivity contribution in [3.8, 4) is 0 Å². The van der Waals surface area contributed by atoms with Crippen LogP contribution in [0.1, 0.15) is 10.4 Å². The van der Waals surface area contributed by atoms with Gasteiger partial charge in [0.25, 0.3) is 16.1 Å². The van der Waals surface area contributed by atoms with E-state index in [0.717, 1.165) is 4.31 Å². The highest BCUT2D eigenvalue weighted by Gasteiger charge is 2.30. The number of hydrogen-bond acceptors (Lipinski definition) is 4. The van der Waals surface area contributed by atoms with Gasteiger partial charge in [-0.1, -0.05) is 23.2 Å². The molecule has 2 amide bonds. The third-order valence-electron chi connectivity index (χ3n) is 3.96. The number of nitrogens with zero attached hydrogens (tertiary/aromatic N) is 3. The van der Waals surface area contributed by atoms with Gasteiger partial charge >= 0.3 is 0 Å². The van der Waals surface area contributed by atoms with E-state index in [0.29, 0.717) is 5.02 Å². The van der Waals surface area contributed by atoms with Crippen LogP contribution in [0, 0.1) is 0 Å². The van der Waals surface area contributed by atoms with E-state index in [-0.39, 0.29) is 49.2 Å². The number of rotatable bonds is 5. The number of halogens is 2. The molecule has 26 heavy (non-hydrogen) atoms. The third kappa shape index (κ3) is 4.86. The van der Waals surface area contributed by atoms with Gasteiger partial charge in [-0.05, 0) is 18.2 Å². The summed E-state index contributed by atoms with van der Waals surface area (Å²) in [6.07, 6.45) is 0. The summed E-state index contributed by atoms with van der Waals surface area (Å²) in [6, 6.07) is 4.47. The second kappa shape index (κ2) is 8.53. The summed E-state index contributed by atoms with van der Waals surface area (Å²) in [5.74, 6) is -0.765. The predicted octanol–water partition coefficient (Wildman–Crippen LogP) is 0.674. The van der Waals surface area contributed by atoms with E-state index >= 15 is 0 Å². The molecular weight excluding hydrogens is 403 g/mol.